The van der Waals surface area contributed by atoms with E-state index in [9.17, 15) is 4.79 Å². The molecular weight excluding hydrogens is 332 g/mol. The molecule has 3 heterocycles. The number of fused-ring (bicyclic) bond motifs is 1. The van der Waals surface area contributed by atoms with Crippen molar-refractivity contribution in [1.82, 2.24) is 25.4 Å². The first-order valence-corrected chi connectivity index (χ1v) is 9.25. The van der Waals surface area contributed by atoms with E-state index >= 15 is 0 Å². The van der Waals surface area contributed by atoms with Crippen LogP contribution in [0.4, 0.5) is 5.82 Å². The Morgan fingerprint density at radius 2 is 2.08 bits per heavy atom. The molecule has 0 saturated heterocycles. The number of carbonyl (C=O) groups is 1. The second-order valence-corrected chi connectivity index (χ2v) is 7.39. The third-order valence-electron chi connectivity index (χ3n) is 4.83. The number of nitrogens with one attached hydrogen (secondary N) is 1. The largest absolute Gasteiger partial charge is 0.359 e. The van der Waals surface area contributed by atoms with Crippen molar-refractivity contribution < 1.29 is 9.32 Å². The molecule has 1 saturated carbocycles. The highest BCUT2D eigenvalue weighted by molar-refractivity contribution is 5.96. The zero-order valence-electron chi connectivity index (χ0n) is 15.4. The van der Waals surface area contributed by atoms with Gasteiger partial charge >= 0.3 is 0 Å². The third-order valence-corrected chi connectivity index (χ3v) is 4.83. The number of hydrogen-bond acceptors (Lipinski definition) is 7. The molecule has 26 heavy (non-hydrogen) atoms. The van der Waals surface area contributed by atoms with Crippen molar-refractivity contribution in [1.29, 1.82) is 0 Å². The van der Waals surface area contributed by atoms with Crippen LogP contribution in [0, 0.1) is 0 Å². The summed E-state index contributed by atoms with van der Waals surface area (Å²) in [5.74, 6) is 3.54. The van der Waals surface area contributed by atoms with Crippen molar-refractivity contribution in [2.45, 2.75) is 51.4 Å². The van der Waals surface area contributed by atoms with Crippen LogP contribution in [-0.2, 0) is 12.8 Å². The molecule has 1 amide bonds. The van der Waals surface area contributed by atoms with Gasteiger partial charge in [-0.05, 0) is 19.3 Å². The van der Waals surface area contributed by atoms with Crippen LogP contribution in [0.5, 0.6) is 0 Å². The van der Waals surface area contributed by atoms with Gasteiger partial charge in [0.15, 0.2) is 5.82 Å². The topological polar surface area (TPSA) is 97.0 Å². The summed E-state index contributed by atoms with van der Waals surface area (Å²) in [6, 6.07) is 0. The molecule has 0 bridgehead atoms. The SMILES string of the molecule is CC(C)c1nc(CCN(C)c2nc(C3CC3)nc3c2CCNC3=O)no1. The molecule has 0 radical (unpaired) electrons. The molecule has 8 nitrogen and oxygen atoms in total. The highest BCUT2D eigenvalue weighted by atomic mass is 16.5. The van der Waals surface area contributed by atoms with Crippen molar-refractivity contribution in [3.63, 3.8) is 0 Å². The predicted octanol–water partition coefficient (Wildman–Crippen LogP) is 1.83. The number of carbonyl (C=O) groups excluding carboxylic acids is 1. The summed E-state index contributed by atoms with van der Waals surface area (Å²) in [4.78, 5) is 28.1. The molecule has 8 heteroatoms. The Morgan fingerprint density at radius 3 is 2.77 bits per heavy atom. The third kappa shape index (κ3) is 3.27. The highest BCUT2D eigenvalue weighted by Gasteiger charge is 2.32. The maximum absolute atomic E-state index is 12.2. The quantitative estimate of drug-likeness (QED) is 0.843. The number of hydrogen-bond donors (Lipinski definition) is 1. The smallest absolute Gasteiger partial charge is 0.270 e. The molecule has 138 valence electrons. The minimum Gasteiger partial charge on any atom is -0.359 e. The molecule has 0 spiro atoms. The van der Waals surface area contributed by atoms with E-state index in [0.717, 1.165) is 36.5 Å². The summed E-state index contributed by atoms with van der Waals surface area (Å²) in [7, 11) is 2.00. The molecule has 0 unspecified atom stereocenters. The Kier molecular flexibility index (Phi) is 4.34. The zero-order valence-corrected chi connectivity index (χ0v) is 15.4. The summed E-state index contributed by atoms with van der Waals surface area (Å²) in [5, 5.41) is 6.93. The number of anilines is 1. The van der Waals surface area contributed by atoms with Gasteiger partial charge in [-0.25, -0.2) is 9.97 Å². The molecule has 1 aliphatic carbocycles. The number of likely N-dealkylation sites (N-methyl/N-ethyl adjacent to an activating group) is 1. The van der Waals surface area contributed by atoms with Crippen molar-refractivity contribution in [3.05, 3.63) is 28.8 Å². The second kappa shape index (κ2) is 6.66. The molecule has 0 atom stereocenters. The lowest BCUT2D eigenvalue weighted by molar-refractivity contribution is 0.0940. The molecule has 1 fully saturated rings. The van der Waals surface area contributed by atoms with Gasteiger partial charge in [0.1, 0.15) is 17.3 Å². The van der Waals surface area contributed by atoms with E-state index in [1.807, 2.05) is 20.9 Å². The second-order valence-electron chi connectivity index (χ2n) is 7.39. The van der Waals surface area contributed by atoms with Crippen LogP contribution < -0.4 is 10.2 Å². The van der Waals surface area contributed by atoms with Gasteiger partial charge in [-0.15, -0.1) is 0 Å². The normalized spacial score (nSPS) is 16.5. The van der Waals surface area contributed by atoms with Crippen LogP contribution in [0.25, 0.3) is 0 Å². The Hall–Kier alpha value is -2.51. The fraction of sp³-hybridized carbons (Fsp3) is 0.611. The molecule has 1 N–H and O–H groups in total. The van der Waals surface area contributed by atoms with Crippen molar-refractivity contribution in [2.24, 2.45) is 0 Å². The minimum absolute atomic E-state index is 0.0926. The first kappa shape index (κ1) is 16.9. The predicted molar refractivity (Wildman–Crippen MR) is 95.4 cm³/mol. The van der Waals surface area contributed by atoms with Crippen LogP contribution in [0.1, 0.15) is 72.1 Å². The molecule has 1 aliphatic heterocycles. The number of rotatable bonds is 6. The fourth-order valence-corrected chi connectivity index (χ4v) is 3.11. The molecule has 2 aliphatic rings. The Balaban J connectivity index is 1.56. The fourth-order valence-electron chi connectivity index (χ4n) is 3.11. The Bertz CT molecular complexity index is 827. The summed E-state index contributed by atoms with van der Waals surface area (Å²) < 4.78 is 5.27. The van der Waals surface area contributed by atoms with E-state index < -0.39 is 0 Å². The summed E-state index contributed by atoms with van der Waals surface area (Å²) in [6.45, 7) is 5.38. The molecular formula is C18H24N6O2. The van der Waals surface area contributed by atoms with Crippen LogP contribution in [-0.4, -0.2) is 46.2 Å². The Morgan fingerprint density at radius 1 is 1.27 bits per heavy atom. The molecule has 4 rings (SSSR count). The number of nitrogens with zero attached hydrogens (tertiary/aromatic N) is 5. The van der Waals surface area contributed by atoms with E-state index in [1.54, 1.807) is 0 Å². The van der Waals surface area contributed by atoms with E-state index in [1.165, 1.54) is 0 Å². The van der Waals surface area contributed by atoms with E-state index in [2.05, 4.69) is 25.3 Å². The minimum atomic E-state index is -0.0926. The van der Waals surface area contributed by atoms with Crippen LogP contribution in [0.15, 0.2) is 4.52 Å². The lowest BCUT2D eigenvalue weighted by Crippen LogP contribution is -2.35. The zero-order chi connectivity index (χ0) is 18.3. The van der Waals surface area contributed by atoms with Crippen LogP contribution in [0.3, 0.4) is 0 Å². The lowest BCUT2D eigenvalue weighted by Gasteiger charge is -2.25. The maximum atomic E-state index is 12.2. The van der Waals surface area contributed by atoms with E-state index in [4.69, 9.17) is 9.51 Å². The van der Waals surface area contributed by atoms with Crippen molar-refractivity contribution >= 4 is 11.7 Å². The average molecular weight is 356 g/mol. The van der Waals surface area contributed by atoms with E-state index in [0.29, 0.717) is 42.8 Å². The van der Waals surface area contributed by atoms with Gasteiger partial charge in [0.05, 0.1) is 0 Å². The number of amides is 1. The van der Waals surface area contributed by atoms with Gasteiger partial charge < -0.3 is 14.7 Å². The summed E-state index contributed by atoms with van der Waals surface area (Å²) in [6.07, 6.45) is 3.62. The molecule has 0 aromatic carbocycles. The molecule has 2 aromatic heterocycles. The molecule has 2 aromatic rings. The van der Waals surface area contributed by atoms with Gasteiger partial charge in [-0.2, -0.15) is 4.98 Å². The van der Waals surface area contributed by atoms with Gasteiger partial charge in [0.2, 0.25) is 5.89 Å². The monoisotopic (exact) mass is 356 g/mol. The standard InChI is InChI=1S/C18H24N6O2/c1-10(2)18-20-13(23-26-18)7-9-24(3)16-12-6-8-19-17(25)14(12)21-15(22-16)11-4-5-11/h10-11H,4-9H2,1-3H3,(H,19,25). The highest BCUT2D eigenvalue weighted by Crippen LogP contribution is 2.39. The average Bonchev–Trinajstić information content (AvgIpc) is 3.37. The first-order valence-electron chi connectivity index (χ1n) is 9.25. The van der Waals surface area contributed by atoms with Gasteiger partial charge in [0, 0.05) is 44.0 Å². The van der Waals surface area contributed by atoms with Crippen LogP contribution >= 0.6 is 0 Å². The van der Waals surface area contributed by atoms with Crippen LogP contribution in [0.2, 0.25) is 0 Å². The van der Waals surface area contributed by atoms with Gasteiger partial charge in [-0.1, -0.05) is 19.0 Å². The first-order chi connectivity index (χ1) is 12.5. The van der Waals surface area contributed by atoms with Crippen molar-refractivity contribution in [3.8, 4) is 0 Å². The maximum Gasteiger partial charge on any atom is 0.270 e. The summed E-state index contributed by atoms with van der Waals surface area (Å²) >= 11 is 0. The van der Waals surface area contributed by atoms with Crippen molar-refractivity contribution in [2.75, 3.05) is 25.0 Å². The Labute approximate surface area is 152 Å². The van der Waals surface area contributed by atoms with Gasteiger partial charge in [-0.3, -0.25) is 4.79 Å². The van der Waals surface area contributed by atoms with Gasteiger partial charge in [0.25, 0.3) is 5.91 Å². The number of aromatic nitrogens is 4. The summed E-state index contributed by atoms with van der Waals surface area (Å²) in [5.41, 5.74) is 1.48. The van der Waals surface area contributed by atoms with E-state index in [-0.39, 0.29) is 11.8 Å². The lowest BCUT2D eigenvalue weighted by atomic mass is 10.1.